The van der Waals surface area contributed by atoms with Crippen LogP contribution < -0.4 is 15.4 Å². The molecule has 34 heavy (non-hydrogen) atoms. The molecule has 3 aromatic rings. The first-order chi connectivity index (χ1) is 16.4. The summed E-state index contributed by atoms with van der Waals surface area (Å²) >= 11 is 5.87. The first-order valence-electron chi connectivity index (χ1n) is 10.2. The van der Waals surface area contributed by atoms with E-state index >= 15 is 0 Å². The van der Waals surface area contributed by atoms with Gasteiger partial charge in [0.2, 0.25) is 0 Å². The van der Waals surface area contributed by atoms with Gasteiger partial charge in [0, 0.05) is 10.7 Å². The minimum absolute atomic E-state index is 0.131. The molecule has 1 fully saturated rings. The number of nitrogens with one attached hydrogen (secondary N) is 2. The average Bonchev–Trinajstić information content (AvgIpc) is 3.09. The highest BCUT2D eigenvalue weighted by atomic mass is 35.5. The monoisotopic (exact) mass is 479 g/mol. The largest absolute Gasteiger partial charge is 0.484 e. The number of benzene rings is 3. The molecular weight excluding hydrogens is 461 g/mol. The fourth-order valence-corrected chi connectivity index (χ4v) is 3.32. The molecule has 1 heterocycles. The van der Waals surface area contributed by atoms with Crippen LogP contribution in [-0.4, -0.2) is 29.4 Å². The van der Waals surface area contributed by atoms with Crippen LogP contribution in [0.25, 0.3) is 6.08 Å². The van der Waals surface area contributed by atoms with Gasteiger partial charge in [0.1, 0.15) is 17.3 Å². The number of urea groups is 1. The van der Waals surface area contributed by atoms with Gasteiger partial charge in [-0.2, -0.15) is 0 Å². The van der Waals surface area contributed by atoms with E-state index in [2.05, 4.69) is 10.6 Å². The lowest BCUT2D eigenvalue weighted by atomic mass is 10.1. The molecule has 1 aliphatic heterocycles. The average molecular weight is 480 g/mol. The molecule has 0 aromatic heterocycles. The Balaban J connectivity index is 1.33. The summed E-state index contributed by atoms with van der Waals surface area (Å²) < 4.78 is 18.4. The van der Waals surface area contributed by atoms with Crippen molar-refractivity contribution in [3.8, 4) is 5.75 Å². The van der Waals surface area contributed by atoms with E-state index in [1.807, 2.05) is 0 Å². The van der Waals surface area contributed by atoms with Crippen LogP contribution >= 0.6 is 11.6 Å². The SMILES string of the molecule is O=C(COc1ccc(/C=C2\NC(=O)N(Cc3ccc(Cl)cc3)C2=O)cc1)Nc1ccc(F)cc1. The lowest BCUT2D eigenvalue weighted by Gasteiger charge is -2.11. The second-order valence-corrected chi connectivity index (χ2v) is 7.86. The fraction of sp³-hybridized carbons (Fsp3) is 0.0800. The van der Waals surface area contributed by atoms with Gasteiger partial charge in [0.05, 0.1) is 6.54 Å². The summed E-state index contributed by atoms with van der Waals surface area (Å²) in [4.78, 5) is 38.0. The van der Waals surface area contributed by atoms with Crippen molar-refractivity contribution in [2.24, 2.45) is 0 Å². The predicted octanol–water partition coefficient (Wildman–Crippen LogP) is 4.59. The quantitative estimate of drug-likeness (QED) is 0.383. The van der Waals surface area contributed by atoms with E-state index in [-0.39, 0.29) is 18.8 Å². The molecule has 0 radical (unpaired) electrons. The molecule has 4 rings (SSSR count). The van der Waals surface area contributed by atoms with Crippen molar-refractivity contribution in [1.29, 1.82) is 0 Å². The summed E-state index contributed by atoms with van der Waals surface area (Å²) in [5.41, 5.74) is 2.07. The van der Waals surface area contributed by atoms with E-state index < -0.39 is 23.7 Å². The minimum Gasteiger partial charge on any atom is -0.484 e. The van der Waals surface area contributed by atoms with Crippen molar-refractivity contribution < 1.29 is 23.5 Å². The van der Waals surface area contributed by atoms with E-state index in [0.29, 0.717) is 22.0 Å². The standard InChI is InChI=1S/C25H19ClFN3O4/c26-18-5-1-17(2-6-18)14-30-24(32)22(29-25(30)33)13-16-3-11-21(12-4-16)34-15-23(31)28-20-9-7-19(27)8-10-20/h1-13H,14-15H2,(H,28,31)(H,29,33)/b22-13-. The maximum Gasteiger partial charge on any atom is 0.329 e. The number of amides is 4. The molecule has 0 atom stereocenters. The highest BCUT2D eigenvalue weighted by molar-refractivity contribution is 6.30. The highest BCUT2D eigenvalue weighted by Crippen LogP contribution is 2.20. The lowest BCUT2D eigenvalue weighted by molar-refractivity contribution is -0.123. The normalized spacial score (nSPS) is 14.3. The zero-order valence-corrected chi connectivity index (χ0v) is 18.5. The van der Waals surface area contributed by atoms with Crippen molar-refractivity contribution in [2.75, 3.05) is 11.9 Å². The van der Waals surface area contributed by atoms with Crippen LogP contribution in [-0.2, 0) is 16.1 Å². The first-order valence-corrected chi connectivity index (χ1v) is 10.6. The summed E-state index contributed by atoms with van der Waals surface area (Å²) in [5.74, 6) is -0.768. The Morgan fingerprint density at radius 3 is 2.35 bits per heavy atom. The number of ether oxygens (including phenoxy) is 1. The van der Waals surface area contributed by atoms with Gasteiger partial charge in [-0.3, -0.25) is 14.5 Å². The van der Waals surface area contributed by atoms with Gasteiger partial charge < -0.3 is 15.4 Å². The van der Waals surface area contributed by atoms with Crippen LogP contribution in [0.2, 0.25) is 5.02 Å². The van der Waals surface area contributed by atoms with Crippen molar-refractivity contribution in [1.82, 2.24) is 10.2 Å². The van der Waals surface area contributed by atoms with Crippen LogP contribution in [0.3, 0.4) is 0 Å². The molecule has 0 spiro atoms. The van der Waals surface area contributed by atoms with Crippen molar-refractivity contribution in [3.05, 3.63) is 100 Å². The van der Waals surface area contributed by atoms with Gasteiger partial charge >= 0.3 is 6.03 Å². The van der Waals surface area contributed by atoms with Gasteiger partial charge in [-0.25, -0.2) is 9.18 Å². The van der Waals surface area contributed by atoms with Gasteiger partial charge in [-0.05, 0) is 65.7 Å². The molecule has 4 amide bonds. The van der Waals surface area contributed by atoms with Crippen LogP contribution in [0.1, 0.15) is 11.1 Å². The minimum atomic E-state index is -0.502. The highest BCUT2D eigenvalue weighted by Gasteiger charge is 2.33. The van der Waals surface area contributed by atoms with Crippen LogP contribution in [0.15, 0.2) is 78.5 Å². The summed E-state index contributed by atoms with van der Waals surface area (Å²) in [6.07, 6.45) is 1.56. The maximum absolute atomic E-state index is 12.9. The van der Waals surface area contributed by atoms with Crippen LogP contribution in [0.4, 0.5) is 14.9 Å². The first kappa shape index (κ1) is 23.0. The second kappa shape index (κ2) is 10.2. The van der Waals surface area contributed by atoms with E-state index in [4.69, 9.17) is 16.3 Å². The van der Waals surface area contributed by atoms with Crippen LogP contribution in [0.5, 0.6) is 5.75 Å². The molecule has 2 N–H and O–H groups in total. The van der Waals surface area contributed by atoms with Gasteiger partial charge in [-0.1, -0.05) is 35.9 Å². The molecule has 0 aliphatic carbocycles. The zero-order valence-electron chi connectivity index (χ0n) is 17.8. The third kappa shape index (κ3) is 5.79. The molecule has 9 heteroatoms. The molecule has 1 saturated heterocycles. The smallest absolute Gasteiger partial charge is 0.329 e. The molecule has 0 saturated carbocycles. The number of halogens is 2. The fourth-order valence-electron chi connectivity index (χ4n) is 3.19. The number of carbonyl (C=O) groups excluding carboxylic acids is 3. The van der Waals surface area contributed by atoms with Gasteiger partial charge in [-0.15, -0.1) is 0 Å². The number of imide groups is 1. The summed E-state index contributed by atoms with van der Waals surface area (Å²) in [7, 11) is 0. The van der Waals surface area contributed by atoms with E-state index in [0.717, 1.165) is 10.5 Å². The lowest BCUT2D eigenvalue weighted by Crippen LogP contribution is -2.30. The Hall–Kier alpha value is -4.17. The van der Waals surface area contributed by atoms with Crippen molar-refractivity contribution >= 4 is 41.2 Å². The van der Waals surface area contributed by atoms with E-state index in [9.17, 15) is 18.8 Å². The summed E-state index contributed by atoms with van der Waals surface area (Å²) in [5, 5.41) is 5.75. The topological polar surface area (TPSA) is 87.7 Å². The summed E-state index contributed by atoms with van der Waals surface area (Å²) in [6, 6.07) is 18.5. The summed E-state index contributed by atoms with van der Waals surface area (Å²) in [6.45, 7) is -0.0993. The molecule has 0 bridgehead atoms. The molecule has 1 aliphatic rings. The molecule has 3 aromatic carbocycles. The Bertz CT molecular complexity index is 1240. The predicted molar refractivity (Wildman–Crippen MR) is 125 cm³/mol. The molecule has 7 nitrogen and oxygen atoms in total. The third-order valence-corrected chi connectivity index (χ3v) is 5.16. The third-order valence-electron chi connectivity index (χ3n) is 4.91. The van der Waals surface area contributed by atoms with Gasteiger partial charge in [0.25, 0.3) is 11.8 Å². The van der Waals surface area contributed by atoms with Crippen molar-refractivity contribution in [2.45, 2.75) is 6.54 Å². The number of hydrogen-bond acceptors (Lipinski definition) is 4. The maximum atomic E-state index is 12.9. The van der Waals surface area contributed by atoms with E-state index in [1.54, 1.807) is 54.6 Å². The number of nitrogens with zero attached hydrogens (tertiary/aromatic N) is 1. The Morgan fingerprint density at radius 2 is 1.68 bits per heavy atom. The number of carbonyl (C=O) groups is 3. The van der Waals surface area contributed by atoms with Crippen LogP contribution in [0, 0.1) is 5.82 Å². The van der Waals surface area contributed by atoms with E-state index in [1.165, 1.54) is 24.3 Å². The number of hydrogen-bond donors (Lipinski definition) is 2. The van der Waals surface area contributed by atoms with Gasteiger partial charge in [0.15, 0.2) is 6.61 Å². The number of rotatable bonds is 7. The molecule has 0 unspecified atom stereocenters. The Morgan fingerprint density at radius 1 is 1.00 bits per heavy atom. The Kier molecular flexibility index (Phi) is 6.89. The zero-order chi connectivity index (χ0) is 24.1. The Labute approximate surface area is 199 Å². The molecular formula is C25H19ClFN3O4. The number of anilines is 1. The second-order valence-electron chi connectivity index (χ2n) is 7.42. The van der Waals surface area contributed by atoms with Crippen molar-refractivity contribution in [3.63, 3.8) is 0 Å². The molecule has 172 valence electrons.